The number of rotatable bonds is 8. The molecule has 1 atom stereocenters. The number of nitrogens with zero attached hydrogens (tertiary/aromatic N) is 2. The standard InChI is InChI=1S/C16H19N3O5S/c1-2-5-24-12-4-3-10(6-11(12)9-20)8-17-19-16-18-15(23)13(25-16)7-14(21)22/h3-4,6,8,13,20H,2,5,7,9H2,1H3,(H,21,22)(H,18,19,23). The minimum absolute atomic E-state index is 0.155. The van der Waals surface area contributed by atoms with Gasteiger partial charge in [-0.15, -0.1) is 5.10 Å². The number of carbonyl (C=O) groups excluding carboxylic acids is 1. The van der Waals surface area contributed by atoms with Gasteiger partial charge in [-0.05, 0) is 30.2 Å². The molecule has 2 rings (SSSR count). The molecule has 1 amide bonds. The second kappa shape index (κ2) is 9.19. The van der Waals surface area contributed by atoms with Crippen LogP contribution in [0.3, 0.4) is 0 Å². The third kappa shape index (κ3) is 5.57. The van der Waals surface area contributed by atoms with Gasteiger partial charge in [0, 0.05) is 5.56 Å². The third-order valence-electron chi connectivity index (χ3n) is 3.21. The summed E-state index contributed by atoms with van der Waals surface area (Å²) in [5, 5.41) is 28.0. The van der Waals surface area contributed by atoms with Crippen molar-refractivity contribution in [1.29, 1.82) is 0 Å². The number of thioether (sulfide) groups is 1. The van der Waals surface area contributed by atoms with E-state index >= 15 is 0 Å². The summed E-state index contributed by atoms with van der Waals surface area (Å²) < 4.78 is 5.54. The molecular formula is C16H19N3O5S. The average molecular weight is 365 g/mol. The third-order valence-corrected chi connectivity index (χ3v) is 4.28. The summed E-state index contributed by atoms with van der Waals surface area (Å²) in [6, 6.07) is 5.27. The number of carboxylic acids is 1. The van der Waals surface area contributed by atoms with Crippen molar-refractivity contribution in [3.8, 4) is 5.75 Å². The number of amides is 1. The molecule has 1 fully saturated rings. The summed E-state index contributed by atoms with van der Waals surface area (Å²) in [6.45, 7) is 2.42. The van der Waals surface area contributed by atoms with E-state index in [9.17, 15) is 14.7 Å². The van der Waals surface area contributed by atoms with Crippen LogP contribution in [0, 0.1) is 0 Å². The molecule has 1 aliphatic rings. The predicted molar refractivity (Wildman–Crippen MR) is 95.0 cm³/mol. The topological polar surface area (TPSA) is 121 Å². The molecule has 1 saturated heterocycles. The van der Waals surface area contributed by atoms with Crippen molar-refractivity contribution in [1.82, 2.24) is 5.32 Å². The lowest BCUT2D eigenvalue weighted by molar-refractivity contribution is -0.138. The number of hydrogen-bond donors (Lipinski definition) is 3. The summed E-state index contributed by atoms with van der Waals surface area (Å²) in [4.78, 5) is 22.3. The number of carboxylic acid groups (broad SMARTS) is 1. The lowest BCUT2D eigenvalue weighted by Crippen LogP contribution is -2.26. The van der Waals surface area contributed by atoms with Crippen molar-refractivity contribution in [2.75, 3.05) is 6.61 Å². The summed E-state index contributed by atoms with van der Waals surface area (Å²) in [5.41, 5.74) is 1.36. The Labute approximate surface area is 149 Å². The zero-order valence-electron chi connectivity index (χ0n) is 13.6. The smallest absolute Gasteiger partial charge is 0.305 e. The van der Waals surface area contributed by atoms with Gasteiger partial charge in [0.2, 0.25) is 5.91 Å². The summed E-state index contributed by atoms with van der Waals surface area (Å²) >= 11 is 1.04. The van der Waals surface area contributed by atoms with Crippen LogP contribution in [0.4, 0.5) is 0 Å². The van der Waals surface area contributed by atoms with Crippen LogP contribution in [-0.4, -0.2) is 45.3 Å². The van der Waals surface area contributed by atoms with Gasteiger partial charge in [0.1, 0.15) is 11.0 Å². The molecule has 1 aromatic carbocycles. The Hall–Kier alpha value is -2.39. The van der Waals surface area contributed by atoms with E-state index in [1.54, 1.807) is 18.2 Å². The summed E-state index contributed by atoms with van der Waals surface area (Å²) in [7, 11) is 0. The second-order valence-corrected chi connectivity index (χ2v) is 6.41. The van der Waals surface area contributed by atoms with Crippen LogP contribution in [0.25, 0.3) is 0 Å². The highest BCUT2D eigenvalue weighted by Crippen LogP contribution is 2.22. The van der Waals surface area contributed by atoms with Crippen LogP contribution in [0.1, 0.15) is 30.9 Å². The van der Waals surface area contributed by atoms with Crippen molar-refractivity contribution in [3.63, 3.8) is 0 Å². The lowest BCUT2D eigenvalue weighted by atomic mass is 10.1. The lowest BCUT2D eigenvalue weighted by Gasteiger charge is -2.09. The molecule has 0 radical (unpaired) electrons. The highest BCUT2D eigenvalue weighted by Gasteiger charge is 2.32. The Morgan fingerprint density at radius 1 is 1.48 bits per heavy atom. The van der Waals surface area contributed by atoms with E-state index in [4.69, 9.17) is 9.84 Å². The highest BCUT2D eigenvalue weighted by atomic mass is 32.2. The van der Waals surface area contributed by atoms with E-state index < -0.39 is 11.2 Å². The molecule has 3 N–H and O–H groups in total. The largest absolute Gasteiger partial charge is 0.493 e. The molecule has 0 saturated carbocycles. The molecule has 1 heterocycles. The number of nitrogens with one attached hydrogen (secondary N) is 1. The molecule has 134 valence electrons. The average Bonchev–Trinajstić information content (AvgIpc) is 2.92. The van der Waals surface area contributed by atoms with Crippen molar-refractivity contribution in [2.24, 2.45) is 10.2 Å². The van der Waals surface area contributed by atoms with Gasteiger partial charge in [0.05, 0.1) is 25.8 Å². The molecule has 0 spiro atoms. The molecule has 1 aliphatic heterocycles. The van der Waals surface area contributed by atoms with Crippen LogP contribution < -0.4 is 10.1 Å². The zero-order valence-corrected chi connectivity index (χ0v) is 14.5. The fraction of sp³-hybridized carbons (Fsp3) is 0.375. The Morgan fingerprint density at radius 2 is 2.28 bits per heavy atom. The fourth-order valence-electron chi connectivity index (χ4n) is 2.05. The van der Waals surface area contributed by atoms with Gasteiger partial charge in [0.25, 0.3) is 0 Å². The van der Waals surface area contributed by atoms with Gasteiger partial charge in [-0.1, -0.05) is 18.7 Å². The van der Waals surface area contributed by atoms with Gasteiger partial charge >= 0.3 is 5.97 Å². The first-order valence-corrected chi connectivity index (χ1v) is 8.58. The Morgan fingerprint density at radius 3 is 2.96 bits per heavy atom. The predicted octanol–water partition coefficient (Wildman–Crippen LogP) is 1.36. The number of hydrogen-bond acceptors (Lipinski definition) is 7. The second-order valence-electron chi connectivity index (χ2n) is 5.22. The zero-order chi connectivity index (χ0) is 18.2. The quantitative estimate of drug-likeness (QED) is 0.473. The SMILES string of the molecule is CCCOc1ccc(C=NN=C2NC(=O)C(CC(=O)O)S2)cc1CO. The molecule has 0 aromatic heterocycles. The maximum absolute atomic E-state index is 11.6. The first-order chi connectivity index (χ1) is 12.0. The molecule has 0 bridgehead atoms. The molecule has 25 heavy (non-hydrogen) atoms. The number of amidine groups is 1. The van der Waals surface area contributed by atoms with Crippen LogP contribution >= 0.6 is 11.8 Å². The van der Waals surface area contributed by atoms with Gasteiger partial charge in [0.15, 0.2) is 5.17 Å². The molecule has 8 nitrogen and oxygen atoms in total. The number of carbonyl (C=O) groups is 2. The number of aliphatic carboxylic acids is 1. The fourth-order valence-corrected chi connectivity index (χ4v) is 2.96. The maximum atomic E-state index is 11.6. The minimum atomic E-state index is -1.04. The summed E-state index contributed by atoms with van der Waals surface area (Å²) in [5.74, 6) is -0.802. The molecule has 0 aliphatic carbocycles. The van der Waals surface area contributed by atoms with E-state index in [1.807, 2.05) is 6.92 Å². The Bertz CT molecular complexity index is 705. The van der Waals surface area contributed by atoms with Crippen LogP contribution in [0.2, 0.25) is 0 Å². The number of ether oxygens (including phenoxy) is 1. The van der Waals surface area contributed by atoms with Crippen molar-refractivity contribution in [2.45, 2.75) is 31.6 Å². The van der Waals surface area contributed by atoms with Gasteiger partial charge in [-0.3, -0.25) is 9.59 Å². The van der Waals surface area contributed by atoms with Crippen LogP contribution in [-0.2, 0) is 16.2 Å². The van der Waals surface area contributed by atoms with Crippen molar-refractivity contribution in [3.05, 3.63) is 29.3 Å². The molecule has 1 unspecified atom stereocenters. The van der Waals surface area contributed by atoms with E-state index in [2.05, 4.69) is 15.5 Å². The number of aliphatic hydroxyl groups excluding tert-OH is 1. The Kier molecular flexibility index (Phi) is 6.96. The van der Waals surface area contributed by atoms with Gasteiger partial charge in [-0.2, -0.15) is 5.10 Å². The van der Waals surface area contributed by atoms with Crippen LogP contribution in [0.15, 0.2) is 28.4 Å². The van der Waals surface area contributed by atoms with Gasteiger partial charge < -0.3 is 20.3 Å². The minimum Gasteiger partial charge on any atom is -0.493 e. The molecule has 9 heteroatoms. The number of benzene rings is 1. The first kappa shape index (κ1) is 18.9. The van der Waals surface area contributed by atoms with Crippen molar-refractivity contribution >= 4 is 35.0 Å². The van der Waals surface area contributed by atoms with Gasteiger partial charge in [-0.25, -0.2) is 0 Å². The van der Waals surface area contributed by atoms with E-state index in [-0.39, 0.29) is 24.1 Å². The summed E-state index contributed by atoms with van der Waals surface area (Å²) in [6.07, 6.45) is 2.09. The normalized spacial score (nSPS) is 18.7. The monoisotopic (exact) mass is 365 g/mol. The number of aliphatic hydroxyl groups is 1. The van der Waals surface area contributed by atoms with E-state index in [1.165, 1.54) is 6.21 Å². The highest BCUT2D eigenvalue weighted by molar-refractivity contribution is 8.15. The molecule has 1 aromatic rings. The molecular weight excluding hydrogens is 346 g/mol. The van der Waals surface area contributed by atoms with Crippen LogP contribution in [0.5, 0.6) is 5.75 Å². The Balaban J connectivity index is 2.02. The van der Waals surface area contributed by atoms with Crippen molar-refractivity contribution < 1.29 is 24.5 Å². The maximum Gasteiger partial charge on any atom is 0.305 e. The van der Waals surface area contributed by atoms with E-state index in [0.29, 0.717) is 23.5 Å². The van der Waals surface area contributed by atoms with E-state index in [0.717, 1.165) is 18.2 Å². The first-order valence-electron chi connectivity index (χ1n) is 7.70.